The highest BCUT2D eigenvalue weighted by molar-refractivity contribution is 5.96. The number of amides is 1. The Balaban J connectivity index is 1.83. The number of benzene rings is 1. The molecule has 7 heteroatoms. The summed E-state index contributed by atoms with van der Waals surface area (Å²) in [5.41, 5.74) is 2.97. The number of nitrogens with one attached hydrogen (secondary N) is 2. The van der Waals surface area contributed by atoms with E-state index >= 15 is 0 Å². The standard InChI is InChI=1S/C26H29N5O2/c1-3-4-5-7-14-28-25(32)20-16-21-24(29-22-9-6-8-15-30(22)26(21)33)31(23(20)27)17-19-12-10-18(2)11-13-19/h6,8-13,15-16,27H,3-5,7,14,17H2,1-2H3,(H,28,32). The molecule has 0 atom stereocenters. The molecule has 4 rings (SSSR count). The topological polar surface area (TPSA) is 92.2 Å². The van der Waals surface area contributed by atoms with E-state index in [1.54, 1.807) is 22.9 Å². The van der Waals surface area contributed by atoms with E-state index in [0.717, 1.165) is 36.8 Å². The van der Waals surface area contributed by atoms with Gasteiger partial charge in [-0.3, -0.25) is 19.4 Å². The molecule has 0 saturated heterocycles. The van der Waals surface area contributed by atoms with Gasteiger partial charge in [-0.1, -0.05) is 62.1 Å². The lowest BCUT2D eigenvalue weighted by Gasteiger charge is -2.15. The second-order valence-electron chi connectivity index (χ2n) is 8.38. The summed E-state index contributed by atoms with van der Waals surface area (Å²) in [5, 5.41) is 12.1. The van der Waals surface area contributed by atoms with Crippen LogP contribution in [0.1, 0.15) is 54.1 Å². The Morgan fingerprint density at radius 2 is 1.88 bits per heavy atom. The molecule has 1 amide bonds. The summed E-state index contributed by atoms with van der Waals surface area (Å²) in [4.78, 5) is 30.9. The van der Waals surface area contributed by atoms with Gasteiger partial charge in [0, 0.05) is 12.7 Å². The summed E-state index contributed by atoms with van der Waals surface area (Å²) in [6.07, 6.45) is 5.85. The monoisotopic (exact) mass is 443 g/mol. The minimum atomic E-state index is -0.339. The van der Waals surface area contributed by atoms with E-state index < -0.39 is 0 Å². The summed E-state index contributed by atoms with van der Waals surface area (Å²) in [6.45, 7) is 5.04. The van der Waals surface area contributed by atoms with E-state index in [0.29, 0.717) is 29.8 Å². The molecule has 0 saturated carbocycles. The van der Waals surface area contributed by atoms with Gasteiger partial charge in [-0.05, 0) is 37.1 Å². The first kappa shape index (κ1) is 22.5. The van der Waals surface area contributed by atoms with Crippen LogP contribution in [0.4, 0.5) is 0 Å². The first-order valence-electron chi connectivity index (χ1n) is 11.4. The zero-order chi connectivity index (χ0) is 23.4. The van der Waals surface area contributed by atoms with E-state index in [2.05, 4.69) is 17.2 Å². The fourth-order valence-corrected chi connectivity index (χ4v) is 3.94. The van der Waals surface area contributed by atoms with Gasteiger partial charge in [0.15, 0.2) is 0 Å². The van der Waals surface area contributed by atoms with Gasteiger partial charge in [0.05, 0.1) is 17.5 Å². The molecule has 4 aromatic rings. The average molecular weight is 444 g/mol. The number of nitrogens with zero attached hydrogens (tertiary/aromatic N) is 3. The van der Waals surface area contributed by atoms with E-state index in [9.17, 15) is 9.59 Å². The molecule has 0 aliphatic heterocycles. The summed E-state index contributed by atoms with van der Waals surface area (Å²) < 4.78 is 3.12. The van der Waals surface area contributed by atoms with Gasteiger partial charge in [0.1, 0.15) is 16.8 Å². The molecular formula is C26H29N5O2. The lowest BCUT2D eigenvalue weighted by Crippen LogP contribution is -2.35. The molecule has 0 aliphatic rings. The Bertz CT molecular complexity index is 1420. The second-order valence-corrected chi connectivity index (χ2v) is 8.38. The van der Waals surface area contributed by atoms with Gasteiger partial charge in [-0.25, -0.2) is 4.98 Å². The van der Waals surface area contributed by atoms with Crippen molar-refractivity contribution < 1.29 is 4.79 Å². The van der Waals surface area contributed by atoms with Crippen LogP contribution in [0.3, 0.4) is 0 Å². The maximum absolute atomic E-state index is 13.3. The van der Waals surface area contributed by atoms with Crippen molar-refractivity contribution in [2.45, 2.75) is 46.1 Å². The number of fused-ring (bicyclic) bond motifs is 2. The molecule has 3 aromatic heterocycles. The number of hydrogen-bond acceptors (Lipinski definition) is 4. The highest BCUT2D eigenvalue weighted by Gasteiger charge is 2.17. The van der Waals surface area contributed by atoms with Crippen LogP contribution in [0, 0.1) is 12.3 Å². The molecule has 0 fully saturated rings. The lowest BCUT2D eigenvalue weighted by atomic mass is 10.1. The second kappa shape index (κ2) is 9.81. The fraction of sp³-hybridized carbons (Fsp3) is 0.308. The first-order valence-corrected chi connectivity index (χ1v) is 11.4. The largest absolute Gasteiger partial charge is 0.352 e. The maximum Gasteiger partial charge on any atom is 0.267 e. The predicted octanol–water partition coefficient (Wildman–Crippen LogP) is 3.80. The first-order chi connectivity index (χ1) is 16.0. The maximum atomic E-state index is 13.3. The molecule has 0 aliphatic carbocycles. The third kappa shape index (κ3) is 4.72. The highest BCUT2D eigenvalue weighted by atomic mass is 16.1. The van der Waals surface area contributed by atoms with Crippen molar-refractivity contribution in [3.8, 4) is 0 Å². The van der Waals surface area contributed by atoms with Crippen molar-refractivity contribution in [3.63, 3.8) is 0 Å². The number of carbonyl (C=O) groups is 1. The van der Waals surface area contributed by atoms with Crippen molar-refractivity contribution in [1.29, 1.82) is 5.41 Å². The van der Waals surface area contributed by atoms with Crippen molar-refractivity contribution in [1.82, 2.24) is 19.3 Å². The third-order valence-electron chi connectivity index (χ3n) is 5.84. The molecule has 3 heterocycles. The van der Waals surface area contributed by atoms with Crippen LogP contribution in [0.15, 0.2) is 59.5 Å². The number of hydrogen-bond donors (Lipinski definition) is 2. The normalized spacial score (nSPS) is 11.2. The van der Waals surface area contributed by atoms with Crippen LogP contribution < -0.4 is 16.4 Å². The van der Waals surface area contributed by atoms with Gasteiger partial charge in [-0.2, -0.15) is 0 Å². The molecule has 170 valence electrons. The third-order valence-corrected chi connectivity index (χ3v) is 5.84. The Morgan fingerprint density at radius 3 is 2.64 bits per heavy atom. The summed E-state index contributed by atoms with van der Waals surface area (Å²) >= 11 is 0. The molecule has 7 nitrogen and oxygen atoms in total. The van der Waals surface area contributed by atoms with E-state index in [1.165, 1.54) is 10.5 Å². The zero-order valence-corrected chi connectivity index (χ0v) is 19.1. The number of rotatable bonds is 8. The predicted molar refractivity (Wildman–Crippen MR) is 130 cm³/mol. The lowest BCUT2D eigenvalue weighted by molar-refractivity contribution is 0.0950. The van der Waals surface area contributed by atoms with Gasteiger partial charge in [0.2, 0.25) is 0 Å². The number of aryl methyl sites for hydroxylation is 1. The molecule has 0 radical (unpaired) electrons. The van der Waals surface area contributed by atoms with Gasteiger partial charge >= 0.3 is 0 Å². The van der Waals surface area contributed by atoms with Crippen LogP contribution in [0.2, 0.25) is 0 Å². The van der Waals surface area contributed by atoms with Crippen LogP contribution >= 0.6 is 0 Å². The van der Waals surface area contributed by atoms with E-state index in [-0.39, 0.29) is 22.5 Å². The Hall–Kier alpha value is -3.74. The summed E-state index contributed by atoms with van der Waals surface area (Å²) in [5.74, 6) is -0.339. The Morgan fingerprint density at radius 1 is 1.09 bits per heavy atom. The Labute approximate surface area is 192 Å². The summed E-state index contributed by atoms with van der Waals surface area (Å²) in [7, 11) is 0. The van der Waals surface area contributed by atoms with Crippen LogP contribution in [-0.4, -0.2) is 26.4 Å². The van der Waals surface area contributed by atoms with Crippen molar-refractivity contribution in [3.05, 3.63) is 87.3 Å². The number of pyridine rings is 2. The number of unbranched alkanes of at least 4 members (excludes halogenated alkanes) is 3. The number of aromatic nitrogens is 3. The van der Waals surface area contributed by atoms with Crippen molar-refractivity contribution >= 4 is 22.6 Å². The summed E-state index contributed by atoms with van der Waals surface area (Å²) in [6, 6.07) is 14.9. The average Bonchev–Trinajstić information content (AvgIpc) is 2.82. The van der Waals surface area contributed by atoms with Crippen LogP contribution in [0.25, 0.3) is 16.7 Å². The number of carbonyl (C=O) groups excluding carboxylic acids is 1. The minimum absolute atomic E-state index is 0.0429. The molecule has 2 N–H and O–H groups in total. The molecule has 33 heavy (non-hydrogen) atoms. The zero-order valence-electron chi connectivity index (χ0n) is 19.1. The molecule has 0 bridgehead atoms. The van der Waals surface area contributed by atoms with E-state index in [1.807, 2.05) is 37.3 Å². The quantitative estimate of drug-likeness (QED) is 0.321. The molecular weight excluding hydrogens is 414 g/mol. The van der Waals surface area contributed by atoms with Gasteiger partial charge in [0.25, 0.3) is 11.5 Å². The SMILES string of the molecule is CCCCCCNC(=O)c1cc2c(=O)n3ccccc3nc2n(Cc2ccc(C)cc2)c1=N. The fourth-order valence-electron chi connectivity index (χ4n) is 3.94. The Kier molecular flexibility index (Phi) is 6.68. The smallest absolute Gasteiger partial charge is 0.267 e. The van der Waals surface area contributed by atoms with Crippen molar-refractivity contribution in [2.75, 3.05) is 6.54 Å². The van der Waals surface area contributed by atoms with E-state index in [4.69, 9.17) is 5.41 Å². The highest BCUT2D eigenvalue weighted by Crippen LogP contribution is 2.13. The van der Waals surface area contributed by atoms with Gasteiger partial charge < -0.3 is 9.88 Å². The van der Waals surface area contributed by atoms with Crippen molar-refractivity contribution in [2.24, 2.45) is 0 Å². The van der Waals surface area contributed by atoms with Crippen LogP contribution in [0.5, 0.6) is 0 Å². The molecule has 0 unspecified atom stereocenters. The molecule has 1 aromatic carbocycles. The van der Waals surface area contributed by atoms with Crippen LogP contribution in [-0.2, 0) is 6.54 Å². The minimum Gasteiger partial charge on any atom is -0.352 e. The molecule has 0 spiro atoms. The van der Waals surface area contributed by atoms with Gasteiger partial charge in [-0.15, -0.1) is 0 Å².